The Balaban J connectivity index is 1.58. The summed E-state index contributed by atoms with van der Waals surface area (Å²) in [4.78, 5) is 58.2. The van der Waals surface area contributed by atoms with E-state index in [1.54, 1.807) is 25.1 Å². The van der Waals surface area contributed by atoms with Gasteiger partial charge in [0.2, 0.25) is 5.91 Å². The summed E-state index contributed by atoms with van der Waals surface area (Å²) in [5.74, 6) is -0.415. The fourth-order valence-corrected chi connectivity index (χ4v) is 3.64. The van der Waals surface area contributed by atoms with Gasteiger partial charge in [0.05, 0.1) is 24.1 Å². The average molecular weight is 449 g/mol. The minimum atomic E-state index is -0.664. The summed E-state index contributed by atoms with van der Waals surface area (Å²) in [6.45, 7) is 2.08. The molecule has 0 aliphatic heterocycles. The Hall–Kier alpha value is -4.54. The van der Waals surface area contributed by atoms with Crippen LogP contribution in [0.3, 0.4) is 0 Å². The Bertz CT molecular complexity index is 1480. The van der Waals surface area contributed by atoms with Crippen molar-refractivity contribution in [1.29, 1.82) is 0 Å². The van der Waals surface area contributed by atoms with Crippen LogP contribution in [-0.2, 0) is 11.3 Å². The number of likely N-dealkylation sites (N-methyl/N-ethyl adjacent to an activating group) is 1. The van der Waals surface area contributed by atoms with Gasteiger partial charge >= 0.3 is 11.4 Å². The number of nitrogens with two attached hydrogens (primary N) is 1. The van der Waals surface area contributed by atoms with Gasteiger partial charge < -0.3 is 25.9 Å². The first-order chi connectivity index (χ1) is 15.9. The maximum atomic E-state index is 12.7. The molecule has 2 heterocycles. The molecule has 2 aromatic carbocycles. The van der Waals surface area contributed by atoms with Gasteiger partial charge in [0.25, 0.3) is 5.56 Å². The molecule has 11 heteroatoms. The monoisotopic (exact) mass is 449 g/mol. The predicted molar refractivity (Wildman–Crippen MR) is 127 cm³/mol. The Morgan fingerprint density at radius 3 is 2.48 bits per heavy atom. The van der Waals surface area contributed by atoms with Crippen LogP contribution in [0.4, 0.5) is 17.2 Å². The van der Waals surface area contributed by atoms with Gasteiger partial charge in [-0.2, -0.15) is 0 Å². The van der Waals surface area contributed by atoms with Crippen molar-refractivity contribution in [3.05, 3.63) is 85.4 Å². The van der Waals surface area contributed by atoms with E-state index in [4.69, 9.17) is 5.73 Å². The van der Waals surface area contributed by atoms with Crippen LogP contribution in [0.5, 0.6) is 0 Å². The van der Waals surface area contributed by atoms with E-state index >= 15 is 0 Å². The van der Waals surface area contributed by atoms with Gasteiger partial charge in [-0.05, 0) is 30.7 Å². The molecule has 0 spiro atoms. The van der Waals surface area contributed by atoms with Crippen LogP contribution in [-0.4, -0.2) is 38.5 Å². The van der Waals surface area contributed by atoms with E-state index < -0.39 is 17.2 Å². The van der Waals surface area contributed by atoms with E-state index in [-0.39, 0.29) is 30.3 Å². The second-order valence-corrected chi connectivity index (χ2v) is 7.47. The highest BCUT2D eigenvalue weighted by molar-refractivity contribution is 5.96. The van der Waals surface area contributed by atoms with Gasteiger partial charge in [-0.1, -0.05) is 30.3 Å². The molecule has 4 rings (SSSR count). The van der Waals surface area contributed by atoms with E-state index in [1.165, 1.54) is 9.47 Å². The van der Waals surface area contributed by atoms with Crippen molar-refractivity contribution in [3.8, 4) is 0 Å². The molecule has 0 unspecified atom stereocenters. The van der Waals surface area contributed by atoms with Crippen molar-refractivity contribution in [3.63, 3.8) is 0 Å². The van der Waals surface area contributed by atoms with E-state index in [1.807, 2.05) is 30.3 Å². The fraction of sp³-hybridized carbons (Fsp3) is 0.182. The standard InChI is InChI=1S/C22H23N7O4/c1-2-28(12-17(30)24-14-8-9-15-16(10-14)26-21(32)25-15)18-19(23)29(22(33)27-20(18)31)11-13-6-4-3-5-7-13/h3-10H,2,11-12,23H2,1H3,(H,24,30)(H2,25,26,32)(H,27,31,33). The smallest absolute Gasteiger partial charge is 0.330 e. The Morgan fingerprint density at radius 2 is 1.76 bits per heavy atom. The third-order valence-corrected chi connectivity index (χ3v) is 5.23. The molecule has 6 N–H and O–H groups in total. The van der Waals surface area contributed by atoms with E-state index in [9.17, 15) is 19.2 Å². The van der Waals surface area contributed by atoms with Crippen LogP contribution >= 0.6 is 0 Å². The second-order valence-electron chi connectivity index (χ2n) is 7.47. The summed E-state index contributed by atoms with van der Waals surface area (Å²) >= 11 is 0. The first-order valence-corrected chi connectivity index (χ1v) is 10.3. The predicted octanol–water partition coefficient (Wildman–Crippen LogP) is 0.802. The van der Waals surface area contributed by atoms with Gasteiger partial charge in [-0.3, -0.25) is 19.1 Å². The molecular formula is C22H23N7O4. The molecule has 0 aliphatic carbocycles. The van der Waals surface area contributed by atoms with Crippen molar-refractivity contribution < 1.29 is 4.79 Å². The number of imidazole rings is 1. The molecule has 33 heavy (non-hydrogen) atoms. The summed E-state index contributed by atoms with van der Waals surface area (Å²) in [7, 11) is 0. The molecule has 0 fully saturated rings. The quantitative estimate of drug-likeness (QED) is 0.280. The second kappa shape index (κ2) is 8.91. The minimum Gasteiger partial charge on any atom is -0.383 e. The van der Waals surface area contributed by atoms with Gasteiger partial charge in [-0.15, -0.1) is 0 Å². The number of carbonyl (C=O) groups is 1. The lowest BCUT2D eigenvalue weighted by atomic mass is 10.2. The van der Waals surface area contributed by atoms with Crippen LogP contribution < -0.4 is 32.9 Å². The number of carbonyl (C=O) groups excluding carboxylic acids is 1. The zero-order valence-electron chi connectivity index (χ0n) is 17.8. The van der Waals surface area contributed by atoms with Crippen molar-refractivity contribution in [1.82, 2.24) is 19.5 Å². The SMILES string of the molecule is CCN(CC(=O)Nc1ccc2[nH]c(=O)[nH]c2c1)c1c(N)n(Cc2ccccc2)c(=O)[nH]c1=O. The summed E-state index contributed by atoms with van der Waals surface area (Å²) in [6, 6.07) is 14.2. The van der Waals surface area contributed by atoms with E-state index in [2.05, 4.69) is 20.3 Å². The number of aromatic nitrogens is 4. The van der Waals surface area contributed by atoms with Crippen LogP contribution in [0.25, 0.3) is 11.0 Å². The maximum absolute atomic E-state index is 12.7. The topological polar surface area (TPSA) is 162 Å². The van der Waals surface area contributed by atoms with Crippen molar-refractivity contribution in [2.24, 2.45) is 0 Å². The number of nitrogen functional groups attached to an aromatic ring is 1. The van der Waals surface area contributed by atoms with Crippen LogP contribution in [0.15, 0.2) is 62.9 Å². The molecule has 11 nitrogen and oxygen atoms in total. The highest BCUT2D eigenvalue weighted by Gasteiger charge is 2.20. The van der Waals surface area contributed by atoms with E-state index in [0.717, 1.165) is 5.56 Å². The number of nitrogens with zero attached hydrogens (tertiary/aromatic N) is 2. The largest absolute Gasteiger partial charge is 0.383 e. The molecule has 1 amide bonds. The Labute approximate surface area is 186 Å². The fourth-order valence-electron chi connectivity index (χ4n) is 3.64. The summed E-state index contributed by atoms with van der Waals surface area (Å²) in [5, 5.41) is 2.74. The normalized spacial score (nSPS) is 10.9. The molecule has 0 radical (unpaired) electrons. The third-order valence-electron chi connectivity index (χ3n) is 5.23. The number of nitrogens with one attached hydrogen (secondary N) is 4. The van der Waals surface area contributed by atoms with Gasteiger partial charge in [0.15, 0.2) is 0 Å². The Morgan fingerprint density at radius 1 is 1.03 bits per heavy atom. The maximum Gasteiger partial charge on any atom is 0.330 e. The van der Waals surface area contributed by atoms with Crippen LogP contribution in [0.1, 0.15) is 12.5 Å². The summed E-state index contributed by atoms with van der Waals surface area (Å²) in [6.07, 6.45) is 0. The molecule has 0 aliphatic rings. The first-order valence-electron chi connectivity index (χ1n) is 10.3. The molecule has 0 bridgehead atoms. The summed E-state index contributed by atoms with van der Waals surface area (Å²) < 4.78 is 1.27. The number of hydrogen-bond acceptors (Lipinski definition) is 6. The minimum absolute atomic E-state index is 0.0198. The molecule has 4 aromatic rings. The van der Waals surface area contributed by atoms with Crippen molar-refractivity contribution >= 4 is 34.1 Å². The number of amides is 1. The number of anilines is 3. The lowest BCUT2D eigenvalue weighted by Crippen LogP contribution is -2.41. The zero-order chi connectivity index (χ0) is 23.5. The molecular weight excluding hydrogens is 426 g/mol. The van der Waals surface area contributed by atoms with E-state index in [0.29, 0.717) is 23.3 Å². The van der Waals surface area contributed by atoms with Gasteiger partial charge in [0, 0.05) is 12.2 Å². The average Bonchev–Trinajstić information content (AvgIpc) is 3.15. The molecule has 0 saturated heterocycles. The van der Waals surface area contributed by atoms with Gasteiger partial charge in [0.1, 0.15) is 11.5 Å². The first kappa shape index (κ1) is 21.7. The highest BCUT2D eigenvalue weighted by Crippen LogP contribution is 2.18. The molecule has 170 valence electrons. The van der Waals surface area contributed by atoms with Gasteiger partial charge in [-0.25, -0.2) is 9.59 Å². The summed E-state index contributed by atoms with van der Waals surface area (Å²) in [5.41, 5.74) is 7.14. The van der Waals surface area contributed by atoms with Crippen LogP contribution in [0.2, 0.25) is 0 Å². The number of aromatic amines is 3. The van der Waals surface area contributed by atoms with Crippen molar-refractivity contribution in [2.45, 2.75) is 13.5 Å². The lowest BCUT2D eigenvalue weighted by Gasteiger charge is -2.24. The van der Waals surface area contributed by atoms with Crippen LogP contribution in [0, 0.1) is 0 Å². The molecule has 2 aromatic heterocycles. The number of fused-ring (bicyclic) bond motifs is 1. The Kier molecular flexibility index (Phi) is 5.85. The number of rotatable bonds is 7. The number of benzene rings is 2. The third kappa shape index (κ3) is 4.56. The lowest BCUT2D eigenvalue weighted by molar-refractivity contribution is -0.115. The number of hydrogen-bond donors (Lipinski definition) is 5. The zero-order valence-corrected chi connectivity index (χ0v) is 17.8. The van der Waals surface area contributed by atoms with Crippen molar-refractivity contribution in [2.75, 3.05) is 29.0 Å². The molecule has 0 atom stereocenters. The highest BCUT2D eigenvalue weighted by atomic mass is 16.2. The number of H-pyrrole nitrogens is 3. The molecule has 0 saturated carbocycles.